The Morgan fingerprint density at radius 3 is 2.79 bits per heavy atom. The molecular formula is C21H23N5O2. The number of hydrogen-bond donors (Lipinski definition) is 1. The lowest BCUT2D eigenvalue weighted by Crippen LogP contribution is -2.28. The summed E-state index contributed by atoms with van der Waals surface area (Å²) in [4.78, 5) is 30.3. The highest BCUT2D eigenvalue weighted by atomic mass is 16.2. The van der Waals surface area contributed by atoms with Gasteiger partial charge in [0.1, 0.15) is 5.82 Å². The minimum absolute atomic E-state index is 0.00727. The Balaban J connectivity index is 1.20. The van der Waals surface area contributed by atoms with E-state index in [9.17, 15) is 9.59 Å². The normalized spacial score (nSPS) is 26.4. The van der Waals surface area contributed by atoms with Crippen molar-refractivity contribution in [2.45, 2.75) is 31.7 Å². The van der Waals surface area contributed by atoms with Crippen LogP contribution in [-0.2, 0) is 16.0 Å². The van der Waals surface area contributed by atoms with Gasteiger partial charge in [-0.3, -0.25) is 14.3 Å². The van der Waals surface area contributed by atoms with Gasteiger partial charge < -0.3 is 10.2 Å². The maximum atomic E-state index is 12.6. The zero-order valence-electron chi connectivity index (χ0n) is 15.6. The summed E-state index contributed by atoms with van der Waals surface area (Å²) in [6.07, 6.45) is 12.4. The van der Waals surface area contributed by atoms with Gasteiger partial charge in [0, 0.05) is 44.2 Å². The molecule has 2 aromatic rings. The average molecular weight is 377 g/mol. The molecule has 2 unspecified atom stereocenters. The number of hydrogen-bond acceptors (Lipinski definition) is 4. The molecule has 2 atom stereocenters. The topological polar surface area (TPSA) is 80.1 Å². The fourth-order valence-corrected chi connectivity index (χ4v) is 4.80. The zero-order valence-corrected chi connectivity index (χ0v) is 15.6. The number of amides is 2. The second-order valence-electron chi connectivity index (χ2n) is 8.03. The minimum atomic E-state index is 0.00727. The van der Waals surface area contributed by atoms with E-state index in [1.807, 2.05) is 35.5 Å². The average Bonchev–Trinajstić information content (AvgIpc) is 3.41. The van der Waals surface area contributed by atoms with Crippen LogP contribution in [0.2, 0.25) is 0 Å². The molecule has 0 aromatic carbocycles. The quantitative estimate of drug-likeness (QED) is 0.833. The molecule has 7 nitrogen and oxygen atoms in total. The highest BCUT2D eigenvalue weighted by Crippen LogP contribution is 2.43. The maximum Gasteiger partial charge on any atom is 0.246 e. The Hall–Kier alpha value is -2.96. The van der Waals surface area contributed by atoms with E-state index in [-0.39, 0.29) is 11.8 Å². The molecule has 144 valence electrons. The number of rotatable bonds is 3. The summed E-state index contributed by atoms with van der Waals surface area (Å²) < 4.78 is 2.07. The molecule has 1 aliphatic carbocycles. The monoisotopic (exact) mass is 377 g/mol. The Morgan fingerprint density at radius 2 is 2.04 bits per heavy atom. The highest BCUT2D eigenvalue weighted by molar-refractivity contribution is 5.94. The van der Waals surface area contributed by atoms with E-state index >= 15 is 0 Å². The number of pyridine rings is 1. The van der Waals surface area contributed by atoms with Crippen molar-refractivity contribution >= 4 is 23.7 Å². The third-order valence-electron chi connectivity index (χ3n) is 6.22. The molecule has 5 rings (SSSR count). The summed E-state index contributed by atoms with van der Waals surface area (Å²) in [6.45, 7) is 1.67. The van der Waals surface area contributed by atoms with Crippen molar-refractivity contribution in [3.63, 3.8) is 0 Å². The largest absolute Gasteiger partial charge is 0.339 e. The van der Waals surface area contributed by atoms with Crippen molar-refractivity contribution in [1.82, 2.24) is 19.7 Å². The van der Waals surface area contributed by atoms with Gasteiger partial charge in [-0.05, 0) is 60.4 Å². The Bertz CT molecular complexity index is 922. The van der Waals surface area contributed by atoms with Gasteiger partial charge in [-0.15, -0.1) is 0 Å². The fraction of sp³-hybridized carbons (Fsp3) is 0.429. The van der Waals surface area contributed by atoms with Gasteiger partial charge in [0.15, 0.2) is 0 Å². The van der Waals surface area contributed by atoms with Crippen LogP contribution in [0.3, 0.4) is 0 Å². The lowest BCUT2D eigenvalue weighted by atomic mass is 10.0. The van der Waals surface area contributed by atoms with E-state index in [2.05, 4.69) is 20.1 Å². The molecule has 4 heterocycles. The number of anilines is 1. The van der Waals surface area contributed by atoms with Crippen molar-refractivity contribution in [2.75, 3.05) is 18.4 Å². The van der Waals surface area contributed by atoms with Crippen LogP contribution >= 0.6 is 0 Å². The molecule has 0 bridgehead atoms. The van der Waals surface area contributed by atoms with Crippen molar-refractivity contribution < 1.29 is 9.59 Å². The lowest BCUT2D eigenvalue weighted by Gasteiger charge is -2.18. The fourth-order valence-electron chi connectivity index (χ4n) is 4.80. The first-order valence-corrected chi connectivity index (χ1v) is 9.90. The van der Waals surface area contributed by atoms with E-state index in [4.69, 9.17) is 0 Å². The van der Waals surface area contributed by atoms with Gasteiger partial charge in [0.25, 0.3) is 0 Å². The number of aryl methyl sites for hydroxylation is 1. The lowest BCUT2D eigenvalue weighted by molar-refractivity contribution is -0.125. The van der Waals surface area contributed by atoms with Crippen LogP contribution in [0.25, 0.3) is 6.08 Å². The SMILES string of the molecule is O=C1CCc2cc(C=CC(=O)N3CC4CC(n5cccn5)CC4C3)cnc2N1. The molecule has 1 N–H and O–H groups in total. The van der Waals surface area contributed by atoms with E-state index in [0.29, 0.717) is 36.5 Å². The van der Waals surface area contributed by atoms with E-state index < -0.39 is 0 Å². The summed E-state index contributed by atoms with van der Waals surface area (Å²) >= 11 is 0. The van der Waals surface area contributed by atoms with Crippen molar-refractivity contribution in [2.24, 2.45) is 11.8 Å². The number of nitrogens with zero attached hydrogens (tertiary/aromatic N) is 4. The molecule has 28 heavy (non-hydrogen) atoms. The minimum Gasteiger partial charge on any atom is -0.339 e. The molecule has 1 saturated carbocycles. The first-order chi connectivity index (χ1) is 13.7. The molecule has 1 saturated heterocycles. The predicted octanol–water partition coefficient (Wildman–Crippen LogP) is 2.29. The Kier molecular flexibility index (Phi) is 4.22. The third-order valence-corrected chi connectivity index (χ3v) is 6.22. The molecule has 0 radical (unpaired) electrons. The Labute approximate surface area is 163 Å². The molecule has 2 fully saturated rings. The molecule has 7 heteroatoms. The van der Waals surface area contributed by atoms with Crippen molar-refractivity contribution in [1.29, 1.82) is 0 Å². The van der Waals surface area contributed by atoms with Gasteiger partial charge >= 0.3 is 0 Å². The third kappa shape index (κ3) is 3.21. The first kappa shape index (κ1) is 17.2. The van der Waals surface area contributed by atoms with Gasteiger partial charge in [-0.25, -0.2) is 4.98 Å². The standard InChI is InChI=1S/C21H23N5O2/c27-19-4-3-15-8-14(11-22-21(15)24-19)2-5-20(28)25-12-16-9-18(10-17(16)13-25)26-7-1-6-23-26/h1-2,5-8,11,16-18H,3-4,9-10,12-13H2,(H,22,24,27). The number of carbonyl (C=O) groups excluding carboxylic acids is 2. The van der Waals surface area contributed by atoms with Crippen LogP contribution in [0.15, 0.2) is 36.8 Å². The van der Waals surface area contributed by atoms with Crippen molar-refractivity contribution in [3.05, 3.63) is 47.9 Å². The van der Waals surface area contributed by atoms with Crippen LogP contribution < -0.4 is 5.32 Å². The Morgan fingerprint density at radius 1 is 1.21 bits per heavy atom. The summed E-state index contributed by atoms with van der Waals surface area (Å²) in [5, 5.41) is 7.15. The second-order valence-corrected chi connectivity index (χ2v) is 8.03. The molecule has 3 aliphatic rings. The van der Waals surface area contributed by atoms with Gasteiger partial charge in [-0.1, -0.05) is 0 Å². The van der Waals surface area contributed by atoms with E-state index in [0.717, 1.165) is 37.1 Å². The number of likely N-dealkylation sites (tertiary alicyclic amines) is 1. The summed E-state index contributed by atoms with van der Waals surface area (Å²) in [5.41, 5.74) is 1.91. The number of fused-ring (bicyclic) bond motifs is 2. The van der Waals surface area contributed by atoms with Gasteiger partial charge in [-0.2, -0.15) is 5.10 Å². The molecule has 2 aromatic heterocycles. The summed E-state index contributed by atoms with van der Waals surface area (Å²) in [6, 6.07) is 4.44. The molecule has 2 amide bonds. The number of carbonyl (C=O) groups is 2. The maximum absolute atomic E-state index is 12.6. The summed E-state index contributed by atoms with van der Waals surface area (Å²) in [5.74, 6) is 1.85. The van der Waals surface area contributed by atoms with E-state index in [1.165, 1.54) is 0 Å². The molecular weight excluding hydrogens is 354 g/mol. The van der Waals surface area contributed by atoms with E-state index in [1.54, 1.807) is 12.3 Å². The van der Waals surface area contributed by atoms with Crippen LogP contribution in [0.1, 0.15) is 36.4 Å². The summed E-state index contributed by atoms with van der Waals surface area (Å²) in [7, 11) is 0. The smallest absolute Gasteiger partial charge is 0.246 e. The van der Waals surface area contributed by atoms with Crippen LogP contribution in [0, 0.1) is 11.8 Å². The molecule has 2 aliphatic heterocycles. The number of aromatic nitrogens is 3. The van der Waals surface area contributed by atoms with Gasteiger partial charge in [0.05, 0.1) is 6.04 Å². The van der Waals surface area contributed by atoms with Crippen LogP contribution in [0.4, 0.5) is 5.82 Å². The first-order valence-electron chi connectivity index (χ1n) is 9.90. The van der Waals surface area contributed by atoms with Crippen LogP contribution in [0.5, 0.6) is 0 Å². The van der Waals surface area contributed by atoms with Crippen molar-refractivity contribution in [3.8, 4) is 0 Å². The van der Waals surface area contributed by atoms with Crippen LogP contribution in [-0.4, -0.2) is 44.6 Å². The number of nitrogens with one attached hydrogen (secondary N) is 1. The second kappa shape index (κ2) is 6.89. The van der Waals surface area contributed by atoms with Gasteiger partial charge in [0.2, 0.25) is 11.8 Å². The zero-order chi connectivity index (χ0) is 19.1. The predicted molar refractivity (Wildman–Crippen MR) is 104 cm³/mol. The highest BCUT2D eigenvalue weighted by Gasteiger charge is 2.42. The molecule has 0 spiro atoms.